The quantitative estimate of drug-likeness (QED) is 0.833. The number of hydrogen-bond donors (Lipinski definition) is 2. The molecule has 0 saturated heterocycles. The molecule has 1 saturated carbocycles. The highest BCUT2D eigenvalue weighted by atomic mass is 79.9. The summed E-state index contributed by atoms with van der Waals surface area (Å²) in [5.41, 5.74) is -0.380. The number of halogens is 1. The molecule has 0 amide bonds. The smallest absolute Gasteiger partial charge is 0.314 e. The maximum Gasteiger partial charge on any atom is 0.314 e. The number of fused-ring (bicyclic) bond motifs is 1. The third kappa shape index (κ3) is 2.31. The SMILES string of the molecule is O=C(O)C1(c2c(O)ccc3cc(Br)ccc23)CCCCC1. The summed E-state index contributed by atoms with van der Waals surface area (Å²) in [6.45, 7) is 0. The zero-order valence-corrected chi connectivity index (χ0v) is 13.2. The van der Waals surface area contributed by atoms with Gasteiger partial charge in [0, 0.05) is 10.0 Å². The zero-order chi connectivity index (χ0) is 15.0. The lowest BCUT2D eigenvalue weighted by Crippen LogP contribution is -2.38. The van der Waals surface area contributed by atoms with Gasteiger partial charge in [0.05, 0.1) is 5.41 Å². The monoisotopic (exact) mass is 348 g/mol. The number of rotatable bonds is 2. The molecule has 0 bridgehead atoms. The minimum atomic E-state index is -0.963. The summed E-state index contributed by atoms with van der Waals surface area (Å²) in [4.78, 5) is 12.0. The summed E-state index contributed by atoms with van der Waals surface area (Å²) in [6, 6.07) is 9.19. The van der Waals surface area contributed by atoms with Crippen LogP contribution in [0.1, 0.15) is 37.7 Å². The summed E-state index contributed by atoms with van der Waals surface area (Å²) >= 11 is 3.44. The van der Waals surface area contributed by atoms with Gasteiger partial charge in [-0.2, -0.15) is 0 Å². The van der Waals surface area contributed by atoms with Gasteiger partial charge >= 0.3 is 5.97 Å². The van der Waals surface area contributed by atoms with E-state index in [1.54, 1.807) is 6.07 Å². The Balaban J connectivity index is 2.31. The zero-order valence-electron chi connectivity index (χ0n) is 11.6. The van der Waals surface area contributed by atoms with Crippen molar-refractivity contribution in [3.05, 3.63) is 40.4 Å². The molecule has 2 aromatic carbocycles. The third-order valence-electron chi connectivity index (χ3n) is 4.55. The topological polar surface area (TPSA) is 57.5 Å². The maximum absolute atomic E-state index is 12.0. The first-order valence-electron chi connectivity index (χ1n) is 7.20. The van der Waals surface area contributed by atoms with Crippen molar-refractivity contribution < 1.29 is 15.0 Å². The summed E-state index contributed by atoms with van der Waals surface area (Å²) in [7, 11) is 0. The van der Waals surface area contributed by atoms with Gasteiger partial charge in [-0.25, -0.2) is 0 Å². The van der Waals surface area contributed by atoms with Crippen LogP contribution in [0.3, 0.4) is 0 Å². The fourth-order valence-electron chi connectivity index (χ4n) is 3.52. The molecule has 110 valence electrons. The average molecular weight is 349 g/mol. The Morgan fingerprint density at radius 3 is 2.48 bits per heavy atom. The Bertz CT molecular complexity index is 702. The molecule has 3 rings (SSSR count). The molecule has 21 heavy (non-hydrogen) atoms. The number of aliphatic carboxylic acids is 1. The molecule has 0 spiro atoms. The first-order valence-corrected chi connectivity index (χ1v) is 7.99. The number of carboxylic acids is 1. The Hall–Kier alpha value is -1.55. The number of phenols is 1. The molecule has 2 aromatic rings. The first kappa shape index (κ1) is 14.4. The van der Waals surface area contributed by atoms with E-state index in [2.05, 4.69) is 15.9 Å². The van der Waals surface area contributed by atoms with E-state index in [0.717, 1.165) is 34.5 Å². The van der Waals surface area contributed by atoms with Crippen LogP contribution in [-0.2, 0) is 10.2 Å². The predicted molar refractivity (Wildman–Crippen MR) is 85.7 cm³/mol. The van der Waals surface area contributed by atoms with Crippen LogP contribution in [-0.4, -0.2) is 16.2 Å². The Morgan fingerprint density at radius 2 is 1.81 bits per heavy atom. The molecule has 0 aromatic heterocycles. The van der Waals surface area contributed by atoms with Crippen LogP contribution in [0.2, 0.25) is 0 Å². The molecule has 2 N–H and O–H groups in total. The Morgan fingerprint density at radius 1 is 1.10 bits per heavy atom. The molecular weight excluding hydrogens is 332 g/mol. The van der Waals surface area contributed by atoms with Crippen LogP contribution in [0.4, 0.5) is 0 Å². The largest absolute Gasteiger partial charge is 0.508 e. The van der Waals surface area contributed by atoms with Crippen LogP contribution in [0.5, 0.6) is 5.75 Å². The van der Waals surface area contributed by atoms with Crippen LogP contribution in [0.15, 0.2) is 34.8 Å². The Kier molecular flexibility index (Phi) is 3.66. The maximum atomic E-state index is 12.0. The van der Waals surface area contributed by atoms with Crippen molar-refractivity contribution in [3.63, 3.8) is 0 Å². The van der Waals surface area contributed by atoms with Gasteiger partial charge in [-0.15, -0.1) is 0 Å². The van der Waals surface area contributed by atoms with Gasteiger partial charge in [-0.1, -0.05) is 47.3 Å². The van der Waals surface area contributed by atoms with E-state index in [0.29, 0.717) is 18.4 Å². The van der Waals surface area contributed by atoms with Gasteiger partial charge in [-0.05, 0) is 41.8 Å². The second-order valence-corrected chi connectivity index (χ2v) is 6.69. The molecule has 0 heterocycles. The van der Waals surface area contributed by atoms with Crippen molar-refractivity contribution in [3.8, 4) is 5.75 Å². The van der Waals surface area contributed by atoms with E-state index in [-0.39, 0.29) is 5.75 Å². The van der Waals surface area contributed by atoms with Gasteiger partial charge < -0.3 is 10.2 Å². The second-order valence-electron chi connectivity index (χ2n) is 5.77. The fraction of sp³-hybridized carbons (Fsp3) is 0.353. The lowest BCUT2D eigenvalue weighted by molar-refractivity contribution is -0.145. The first-order chi connectivity index (χ1) is 10.0. The molecule has 0 atom stereocenters. The molecule has 0 unspecified atom stereocenters. The number of carboxylic acid groups (broad SMARTS) is 1. The number of carbonyl (C=O) groups is 1. The minimum Gasteiger partial charge on any atom is -0.508 e. The molecule has 1 aliphatic rings. The number of benzene rings is 2. The predicted octanol–water partition coefficient (Wildman–Crippen LogP) is 4.59. The number of phenolic OH excluding ortho intramolecular Hbond substituents is 1. The molecule has 1 aliphatic carbocycles. The van der Waals surface area contributed by atoms with Gasteiger partial charge in [0.1, 0.15) is 5.75 Å². The van der Waals surface area contributed by atoms with Gasteiger partial charge in [0.2, 0.25) is 0 Å². The van der Waals surface area contributed by atoms with Crippen LogP contribution in [0, 0.1) is 0 Å². The second kappa shape index (κ2) is 5.34. The molecular formula is C17H17BrO3. The van der Waals surface area contributed by atoms with Crippen molar-refractivity contribution in [1.29, 1.82) is 0 Å². The van der Waals surface area contributed by atoms with E-state index < -0.39 is 11.4 Å². The summed E-state index contributed by atoms with van der Waals surface area (Å²) < 4.78 is 0.944. The molecule has 0 radical (unpaired) electrons. The van der Waals surface area contributed by atoms with E-state index >= 15 is 0 Å². The molecule has 1 fully saturated rings. The van der Waals surface area contributed by atoms with Gasteiger partial charge in [0.15, 0.2) is 0 Å². The molecule has 4 heteroatoms. The van der Waals surface area contributed by atoms with E-state index in [4.69, 9.17) is 0 Å². The summed E-state index contributed by atoms with van der Waals surface area (Å²) in [5, 5.41) is 22.0. The number of hydrogen-bond acceptors (Lipinski definition) is 2. The number of aromatic hydroxyl groups is 1. The lowest BCUT2D eigenvalue weighted by atomic mass is 9.68. The van der Waals surface area contributed by atoms with Crippen LogP contribution >= 0.6 is 15.9 Å². The van der Waals surface area contributed by atoms with E-state index in [1.807, 2.05) is 24.3 Å². The van der Waals surface area contributed by atoms with Crippen molar-refractivity contribution in [2.24, 2.45) is 0 Å². The standard InChI is InChI=1S/C17H17BrO3/c18-12-5-6-13-11(10-12)4-7-14(19)15(13)17(16(20)21)8-2-1-3-9-17/h4-7,10,19H,1-3,8-9H2,(H,20,21). The highest BCUT2D eigenvalue weighted by Gasteiger charge is 2.44. The van der Waals surface area contributed by atoms with E-state index in [9.17, 15) is 15.0 Å². The summed E-state index contributed by atoms with van der Waals surface area (Å²) in [6.07, 6.45) is 4.01. The van der Waals surface area contributed by atoms with Crippen LogP contribution < -0.4 is 0 Å². The van der Waals surface area contributed by atoms with E-state index in [1.165, 1.54) is 0 Å². The third-order valence-corrected chi connectivity index (χ3v) is 5.05. The van der Waals surface area contributed by atoms with Crippen molar-refractivity contribution in [2.75, 3.05) is 0 Å². The highest BCUT2D eigenvalue weighted by Crippen LogP contribution is 2.46. The van der Waals surface area contributed by atoms with Gasteiger partial charge in [-0.3, -0.25) is 4.79 Å². The lowest BCUT2D eigenvalue weighted by Gasteiger charge is -2.35. The summed E-state index contributed by atoms with van der Waals surface area (Å²) in [5.74, 6) is -0.734. The highest BCUT2D eigenvalue weighted by molar-refractivity contribution is 9.10. The average Bonchev–Trinajstić information content (AvgIpc) is 2.48. The normalized spacial score (nSPS) is 17.8. The Labute approximate surface area is 131 Å². The van der Waals surface area contributed by atoms with Crippen molar-refractivity contribution >= 4 is 32.7 Å². The molecule has 3 nitrogen and oxygen atoms in total. The van der Waals surface area contributed by atoms with Gasteiger partial charge in [0.25, 0.3) is 0 Å². The molecule has 0 aliphatic heterocycles. The van der Waals surface area contributed by atoms with Crippen molar-refractivity contribution in [1.82, 2.24) is 0 Å². The van der Waals surface area contributed by atoms with Crippen molar-refractivity contribution in [2.45, 2.75) is 37.5 Å². The fourth-order valence-corrected chi connectivity index (χ4v) is 3.90. The van der Waals surface area contributed by atoms with Crippen LogP contribution in [0.25, 0.3) is 10.8 Å². The minimum absolute atomic E-state index is 0.0918.